The number of hydrogen-bond donors (Lipinski definition) is 1. The highest BCUT2D eigenvalue weighted by molar-refractivity contribution is 8.68. The lowest BCUT2D eigenvalue weighted by molar-refractivity contribution is 0.213. The van der Waals surface area contributed by atoms with Crippen LogP contribution in [0.3, 0.4) is 0 Å². The van der Waals surface area contributed by atoms with Gasteiger partial charge >= 0.3 is 0 Å². The Hall–Kier alpha value is -0.110. The molecular formula is C5H7NOS2. The molecule has 0 aromatic carbocycles. The predicted octanol–water partition coefficient (Wildman–Crippen LogP) is 1.62. The van der Waals surface area contributed by atoms with Crippen LogP contribution in [0.1, 0.15) is 0 Å². The van der Waals surface area contributed by atoms with Crippen molar-refractivity contribution in [1.29, 1.82) is 5.26 Å². The zero-order valence-corrected chi connectivity index (χ0v) is 6.54. The van der Waals surface area contributed by atoms with Crippen LogP contribution in [-0.2, 0) is 4.74 Å². The third-order valence-electron chi connectivity index (χ3n) is 0.570. The van der Waals surface area contributed by atoms with Gasteiger partial charge in [0, 0.05) is 5.57 Å². The Morgan fingerprint density at radius 1 is 1.89 bits per heavy atom. The van der Waals surface area contributed by atoms with E-state index in [1.165, 1.54) is 10.8 Å². The van der Waals surface area contributed by atoms with Crippen molar-refractivity contribution in [3.05, 3.63) is 12.2 Å². The molecule has 0 aliphatic carbocycles. The van der Waals surface area contributed by atoms with Gasteiger partial charge in [-0.2, -0.15) is 5.26 Å². The summed E-state index contributed by atoms with van der Waals surface area (Å²) in [6, 6.07) is 1.87. The van der Waals surface area contributed by atoms with E-state index in [1.807, 2.05) is 6.07 Å². The quantitative estimate of drug-likeness (QED) is 0.223. The van der Waals surface area contributed by atoms with Gasteiger partial charge in [-0.3, -0.25) is 0 Å². The van der Waals surface area contributed by atoms with Crippen molar-refractivity contribution in [2.75, 3.05) is 12.5 Å². The van der Waals surface area contributed by atoms with Crippen LogP contribution in [0.15, 0.2) is 12.2 Å². The molecule has 4 heteroatoms. The summed E-state index contributed by atoms with van der Waals surface area (Å²) in [5.74, 6) is 0.490. The Bertz CT molecular complexity index is 129. The lowest BCUT2D eigenvalue weighted by atomic mass is 10.4. The van der Waals surface area contributed by atoms with Crippen molar-refractivity contribution < 1.29 is 4.74 Å². The van der Waals surface area contributed by atoms with Crippen molar-refractivity contribution in [2.24, 2.45) is 0 Å². The third kappa shape index (κ3) is 5.77. The number of nitriles is 1. The van der Waals surface area contributed by atoms with Crippen molar-refractivity contribution >= 4 is 22.5 Å². The van der Waals surface area contributed by atoms with Gasteiger partial charge in [-0.05, 0) is 0 Å². The minimum atomic E-state index is 0.310. The molecule has 0 spiro atoms. The van der Waals surface area contributed by atoms with E-state index in [0.29, 0.717) is 18.1 Å². The van der Waals surface area contributed by atoms with Gasteiger partial charge in [-0.1, -0.05) is 17.4 Å². The Balaban J connectivity index is 3.10. The molecular weight excluding hydrogens is 154 g/mol. The van der Waals surface area contributed by atoms with E-state index in [0.717, 1.165) is 0 Å². The van der Waals surface area contributed by atoms with Gasteiger partial charge in [0.25, 0.3) is 0 Å². The van der Waals surface area contributed by atoms with Gasteiger partial charge in [0.05, 0.1) is 12.7 Å². The second-order valence-electron chi connectivity index (χ2n) is 1.31. The highest BCUT2D eigenvalue weighted by Gasteiger charge is 1.88. The minimum Gasteiger partial charge on any atom is -0.365 e. The molecule has 50 valence electrons. The van der Waals surface area contributed by atoms with Gasteiger partial charge in [-0.25, -0.2) is 0 Å². The molecule has 0 amide bonds. The summed E-state index contributed by atoms with van der Waals surface area (Å²) < 4.78 is 4.90. The Labute approximate surface area is 63.7 Å². The third-order valence-corrected chi connectivity index (χ3v) is 1.16. The summed E-state index contributed by atoms with van der Waals surface area (Å²) in [4.78, 5) is 0. The normalized spacial score (nSPS) is 8.44. The second-order valence-corrected chi connectivity index (χ2v) is 2.58. The standard InChI is InChI=1S/C5H7NOS2/c1-5(2-6)3-7-4-9-8/h8H,1,3-4H2. The molecule has 0 aromatic rings. The molecule has 0 atom stereocenters. The van der Waals surface area contributed by atoms with Crippen molar-refractivity contribution in [1.82, 2.24) is 0 Å². The van der Waals surface area contributed by atoms with Gasteiger partial charge in [0.2, 0.25) is 0 Å². The molecule has 0 radical (unpaired) electrons. The number of rotatable bonds is 4. The van der Waals surface area contributed by atoms with Crippen LogP contribution in [0.2, 0.25) is 0 Å². The molecule has 0 saturated heterocycles. The van der Waals surface area contributed by atoms with Crippen LogP contribution in [0.4, 0.5) is 0 Å². The van der Waals surface area contributed by atoms with Crippen LogP contribution in [-0.4, -0.2) is 12.5 Å². The largest absolute Gasteiger partial charge is 0.365 e. The van der Waals surface area contributed by atoms with E-state index in [2.05, 4.69) is 18.2 Å². The first-order valence-corrected chi connectivity index (χ1v) is 4.27. The molecule has 0 fully saturated rings. The number of nitrogens with zero attached hydrogens (tertiary/aromatic N) is 1. The highest BCUT2D eigenvalue weighted by Crippen LogP contribution is 2.04. The van der Waals surface area contributed by atoms with Gasteiger partial charge in [0.1, 0.15) is 5.94 Å². The minimum absolute atomic E-state index is 0.310. The summed E-state index contributed by atoms with van der Waals surface area (Å²) in [5, 5.41) is 8.18. The van der Waals surface area contributed by atoms with Gasteiger partial charge < -0.3 is 4.74 Å². The maximum Gasteiger partial charge on any atom is 0.102 e. The van der Waals surface area contributed by atoms with E-state index >= 15 is 0 Å². The van der Waals surface area contributed by atoms with Crippen LogP contribution >= 0.6 is 22.5 Å². The van der Waals surface area contributed by atoms with Crippen molar-refractivity contribution in [3.8, 4) is 6.07 Å². The van der Waals surface area contributed by atoms with Crippen LogP contribution in [0.5, 0.6) is 0 Å². The first-order valence-electron chi connectivity index (χ1n) is 2.23. The zero-order valence-electron chi connectivity index (χ0n) is 4.83. The van der Waals surface area contributed by atoms with Crippen LogP contribution < -0.4 is 0 Å². The molecule has 0 N–H and O–H groups in total. The summed E-state index contributed by atoms with van der Waals surface area (Å²) in [6.07, 6.45) is 0. The summed E-state index contributed by atoms with van der Waals surface area (Å²) in [6.45, 7) is 3.73. The van der Waals surface area contributed by atoms with Gasteiger partial charge in [0.15, 0.2) is 0 Å². The van der Waals surface area contributed by atoms with Crippen LogP contribution in [0.25, 0.3) is 0 Å². The zero-order chi connectivity index (χ0) is 7.11. The predicted molar refractivity (Wildman–Crippen MR) is 42.1 cm³/mol. The van der Waals surface area contributed by atoms with Crippen LogP contribution in [0, 0.1) is 11.3 Å². The molecule has 0 rings (SSSR count). The van der Waals surface area contributed by atoms with Crippen molar-refractivity contribution in [2.45, 2.75) is 0 Å². The molecule has 0 aliphatic rings. The van der Waals surface area contributed by atoms with E-state index in [9.17, 15) is 0 Å². The average molecular weight is 161 g/mol. The van der Waals surface area contributed by atoms with E-state index < -0.39 is 0 Å². The first kappa shape index (κ1) is 8.89. The molecule has 2 nitrogen and oxygen atoms in total. The fraction of sp³-hybridized carbons (Fsp3) is 0.400. The van der Waals surface area contributed by atoms with E-state index in [1.54, 1.807) is 0 Å². The molecule has 0 aliphatic heterocycles. The smallest absolute Gasteiger partial charge is 0.102 e. The van der Waals surface area contributed by atoms with Crippen molar-refractivity contribution in [3.63, 3.8) is 0 Å². The lowest BCUT2D eigenvalue weighted by Gasteiger charge is -1.95. The maximum atomic E-state index is 8.18. The Morgan fingerprint density at radius 2 is 2.56 bits per heavy atom. The number of hydrogen-bond acceptors (Lipinski definition) is 4. The Morgan fingerprint density at radius 3 is 3.00 bits per heavy atom. The molecule has 0 aromatic heterocycles. The second kappa shape index (κ2) is 6.02. The summed E-state index contributed by atoms with van der Waals surface area (Å²) in [7, 11) is 1.28. The topological polar surface area (TPSA) is 33.0 Å². The first-order chi connectivity index (χ1) is 4.31. The average Bonchev–Trinajstić information content (AvgIpc) is 1.89. The molecule has 0 bridgehead atoms. The van der Waals surface area contributed by atoms with Gasteiger partial charge in [-0.15, -0.1) is 11.7 Å². The fourth-order valence-corrected chi connectivity index (χ4v) is 0.616. The molecule has 9 heavy (non-hydrogen) atoms. The molecule has 0 heterocycles. The molecule has 0 saturated carbocycles. The number of thiol groups is 1. The summed E-state index contributed by atoms with van der Waals surface area (Å²) in [5.41, 5.74) is 0.442. The van der Waals surface area contributed by atoms with E-state index in [-0.39, 0.29) is 0 Å². The highest BCUT2D eigenvalue weighted by atomic mass is 33.1. The fourth-order valence-electron chi connectivity index (χ4n) is 0.234. The molecule has 0 unspecified atom stereocenters. The lowest BCUT2D eigenvalue weighted by Crippen LogP contribution is -1.93. The summed E-state index contributed by atoms with van der Waals surface area (Å²) >= 11 is 3.83. The van der Waals surface area contributed by atoms with E-state index in [4.69, 9.17) is 10.00 Å². The Kier molecular flexibility index (Phi) is 5.94. The number of ether oxygens (including phenoxy) is 1. The maximum absolute atomic E-state index is 8.18. The SMILES string of the molecule is C=C(C#N)COCSS. The monoisotopic (exact) mass is 161 g/mol.